The zero-order valence-electron chi connectivity index (χ0n) is 18.0. The topological polar surface area (TPSA) is 18.5 Å². The molecule has 1 aliphatic rings. The van der Waals surface area contributed by atoms with E-state index in [2.05, 4.69) is 88.4 Å². The van der Waals surface area contributed by atoms with Gasteiger partial charge in [-0.3, -0.25) is 0 Å². The summed E-state index contributed by atoms with van der Waals surface area (Å²) in [6.07, 6.45) is 6.18. The smallest absolute Gasteiger partial charge is 0.261 e. The Labute approximate surface area is 172 Å². The van der Waals surface area contributed by atoms with Gasteiger partial charge >= 0.3 is 0 Å². The van der Waals surface area contributed by atoms with Gasteiger partial charge in [0.1, 0.15) is 0 Å². The van der Waals surface area contributed by atoms with E-state index in [0.29, 0.717) is 6.10 Å². The first-order valence-corrected chi connectivity index (χ1v) is 12.8. The van der Waals surface area contributed by atoms with Crippen LogP contribution in [0.5, 0.6) is 0 Å². The quantitative estimate of drug-likeness (QED) is 0.564. The Morgan fingerprint density at radius 3 is 2.00 bits per heavy atom. The number of benzene rings is 2. The summed E-state index contributed by atoms with van der Waals surface area (Å²) < 4.78 is 13.3. The van der Waals surface area contributed by atoms with Gasteiger partial charge in [-0.1, -0.05) is 94.8 Å². The fourth-order valence-corrected chi connectivity index (χ4v) is 9.34. The van der Waals surface area contributed by atoms with Crippen molar-refractivity contribution in [1.82, 2.24) is 0 Å². The van der Waals surface area contributed by atoms with Crippen LogP contribution in [0.25, 0.3) is 0 Å². The van der Waals surface area contributed by atoms with Crippen LogP contribution in [0.2, 0.25) is 5.04 Å². The van der Waals surface area contributed by atoms with E-state index in [-0.39, 0.29) is 11.1 Å². The lowest BCUT2D eigenvalue weighted by molar-refractivity contribution is 0.0563. The highest BCUT2D eigenvalue weighted by Gasteiger charge is 2.51. The van der Waals surface area contributed by atoms with Crippen molar-refractivity contribution in [2.45, 2.75) is 77.0 Å². The molecule has 0 aromatic heterocycles. The summed E-state index contributed by atoms with van der Waals surface area (Å²) in [7, 11) is -2.48. The summed E-state index contributed by atoms with van der Waals surface area (Å²) in [6, 6.07) is 21.9. The summed E-state index contributed by atoms with van der Waals surface area (Å²) in [6.45, 7) is 10.2. The maximum atomic E-state index is 7.34. The molecular weight excluding hydrogens is 360 g/mol. The van der Waals surface area contributed by atoms with Crippen LogP contribution in [0.3, 0.4) is 0 Å². The van der Waals surface area contributed by atoms with Gasteiger partial charge < -0.3 is 9.16 Å². The highest BCUT2D eigenvalue weighted by atomic mass is 28.4. The van der Waals surface area contributed by atoms with Crippen LogP contribution in [0.15, 0.2) is 60.7 Å². The highest BCUT2D eigenvalue weighted by Crippen LogP contribution is 2.38. The average Bonchev–Trinajstić information content (AvgIpc) is 3.19. The lowest BCUT2D eigenvalue weighted by atomic mass is 10.1. The van der Waals surface area contributed by atoms with Crippen LogP contribution in [-0.4, -0.2) is 27.1 Å². The van der Waals surface area contributed by atoms with Crippen molar-refractivity contribution in [2.24, 2.45) is 0 Å². The van der Waals surface area contributed by atoms with Gasteiger partial charge in [-0.25, -0.2) is 0 Å². The molecule has 0 saturated carbocycles. The van der Waals surface area contributed by atoms with Crippen molar-refractivity contribution < 1.29 is 9.16 Å². The maximum absolute atomic E-state index is 7.34. The molecule has 3 rings (SSSR count). The van der Waals surface area contributed by atoms with Crippen LogP contribution in [0.1, 0.15) is 59.8 Å². The normalized spacial score (nSPS) is 18.9. The molecule has 0 N–H and O–H groups in total. The molecule has 1 aliphatic heterocycles. The molecule has 152 valence electrons. The van der Waals surface area contributed by atoms with Crippen molar-refractivity contribution in [2.75, 3.05) is 6.61 Å². The third-order valence-electron chi connectivity index (χ3n) is 5.92. The van der Waals surface area contributed by atoms with E-state index in [9.17, 15) is 0 Å². The molecule has 2 aromatic rings. The van der Waals surface area contributed by atoms with Crippen LogP contribution in [-0.2, 0) is 9.16 Å². The van der Waals surface area contributed by atoms with E-state index >= 15 is 0 Å². The standard InChI is InChI=1S/C25H36O2Si/c1-5-13-22(20-21-14-12-19-26-21)27-28(25(2,3)4,23-15-8-6-9-16-23)24-17-10-7-11-18-24/h6-11,15-18,21-22H,5,12-14,19-20H2,1-4H3/t21-,22-/m0/s1. The third kappa shape index (κ3) is 4.59. The fourth-order valence-electron chi connectivity index (χ4n) is 4.61. The summed E-state index contributed by atoms with van der Waals surface area (Å²) in [5.74, 6) is 0. The number of hydrogen-bond acceptors (Lipinski definition) is 2. The Balaban J connectivity index is 2.06. The van der Waals surface area contributed by atoms with Crippen LogP contribution < -0.4 is 10.4 Å². The Kier molecular flexibility index (Phi) is 7.13. The fraction of sp³-hybridized carbons (Fsp3) is 0.520. The van der Waals surface area contributed by atoms with Crippen LogP contribution in [0.4, 0.5) is 0 Å². The third-order valence-corrected chi connectivity index (χ3v) is 11.0. The molecule has 3 heteroatoms. The molecule has 0 unspecified atom stereocenters. The molecular formula is C25H36O2Si. The first-order valence-electron chi connectivity index (χ1n) is 10.9. The monoisotopic (exact) mass is 396 g/mol. The molecule has 1 fully saturated rings. The summed E-state index contributed by atoms with van der Waals surface area (Å²) in [5.41, 5.74) is 0. The zero-order valence-corrected chi connectivity index (χ0v) is 19.0. The second-order valence-corrected chi connectivity index (χ2v) is 13.3. The molecule has 28 heavy (non-hydrogen) atoms. The second-order valence-electron chi connectivity index (χ2n) is 9.06. The summed E-state index contributed by atoms with van der Waals surface area (Å²) >= 11 is 0. The van der Waals surface area contributed by atoms with E-state index in [1.165, 1.54) is 23.2 Å². The lowest BCUT2D eigenvalue weighted by Gasteiger charge is -2.45. The zero-order chi connectivity index (χ0) is 20.0. The predicted molar refractivity (Wildman–Crippen MR) is 121 cm³/mol. The van der Waals surface area contributed by atoms with Gasteiger partial charge in [0.15, 0.2) is 0 Å². The van der Waals surface area contributed by atoms with E-state index in [0.717, 1.165) is 25.9 Å². The van der Waals surface area contributed by atoms with Crippen molar-refractivity contribution >= 4 is 18.7 Å². The van der Waals surface area contributed by atoms with Gasteiger partial charge in [-0.05, 0) is 41.1 Å². The minimum absolute atomic E-state index is 0.0260. The van der Waals surface area contributed by atoms with Crippen molar-refractivity contribution in [1.29, 1.82) is 0 Å². The number of ether oxygens (including phenoxy) is 1. The number of rotatable bonds is 8. The van der Waals surface area contributed by atoms with Gasteiger partial charge in [-0.15, -0.1) is 0 Å². The van der Waals surface area contributed by atoms with Gasteiger partial charge in [-0.2, -0.15) is 0 Å². The van der Waals surface area contributed by atoms with Gasteiger partial charge in [0.2, 0.25) is 0 Å². The van der Waals surface area contributed by atoms with Crippen molar-refractivity contribution in [3.63, 3.8) is 0 Å². The molecule has 2 aromatic carbocycles. The van der Waals surface area contributed by atoms with Gasteiger partial charge in [0.05, 0.1) is 6.10 Å². The summed E-state index contributed by atoms with van der Waals surface area (Å²) in [4.78, 5) is 0. The first kappa shape index (κ1) is 21.3. The lowest BCUT2D eigenvalue weighted by Crippen LogP contribution is -2.67. The Morgan fingerprint density at radius 1 is 1.00 bits per heavy atom. The molecule has 2 nitrogen and oxygen atoms in total. The van der Waals surface area contributed by atoms with E-state index in [1.807, 2.05) is 0 Å². The highest BCUT2D eigenvalue weighted by molar-refractivity contribution is 6.99. The van der Waals surface area contributed by atoms with Crippen LogP contribution in [0, 0.1) is 0 Å². The Bertz CT molecular complexity index is 663. The van der Waals surface area contributed by atoms with Crippen molar-refractivity contribution in [3.05, 3.63) is 60.7 Å². The number of hydrogen-bond donors (Lipinski definition) is 0. The SMILES string of the molecule is CCC[C@@H](C[C@@H]1CCCO1)O[Si](c1ccccc1)(c1ccccc1)C(C)(C)C. The van der Waals surface area contributed by atoms with Gasteiger partial charge in [0.25, 0.3) is 8.32 Å². The molecule has 1 heterocycles. The minimum Gasteiger partial charge on any atom is -0.404 e. The molecule has 1 saturated heterocycles. The second kappa shape index (κ2) is 9.38. The largest absolute Gasteiger partial charge is 0.404 e. The molecule has 0 radical (unpaired) electrons. The van der Waals surface area contributed by atoms with E-state index in [1.54, 1.807) is 0 Å². The van der Waals surface area contributed by atoms with E-state index < -0.39 is 8.32 Å². The molecule has 0 spiro atoms. The average molecular weight is 397 g/mol. The Hall–Kier alpha value is -1.42. The molecule has 2 atom stereocenters. The van der Waals surface area contributed by atoms with Crippen LogP contribution >= 0.6 is 0 Å². The molecule has 0 amide bonds. The molecule has 0 aliphatic carbocycles. The van der Waals surface area contributed by atoms with E-state index in [4.69, 9.17) is 9.16 Å². The predicted octanol–water partition coefficient (Wildman–Crippen LogP) is 5.30. The van der Waals surface area contributed by atoms with Crippen molar-refractivity contribution in [3.8, 4) is 0 Å². The minimum atomic E-state index is -2.48. The molecule has 0 bridgehead atoms. The Morgan fingerprint density at radius 2 is 1.57 bits per heavy atom. The van der Waals surface area contributed by atoms with Gasteiger partial charge in [0, 0.05) is 12.7 Å². The summed E-state index contributed by atoms with van der Waals surface area (Å²) in [5, 5.41) is 2.75. The first-order chi connectivity index (χ1) is 13.5. The maximum Gasteiger partial charge on any atom is 0.261 e.